The summed E-state index contributed by atoms with van der Waals surface area (Å²) in [6.45, 7) is 5.39. The minimum absolute atomic E-state index is 0.621. The Hall–Kier alpha value is 0.650. The molecule has 0 unspecified atom stereocenters. The van der Waals surface area contributed by atoms with Crippen LogP contribution in [0.5, 0.6) is 0 Å². The van der Waals surface area contributed by atoms with E-state index in [1.807, 2.05) is 0 Å². The second-order valence-electron chi connectivity index (χ2n) is 4.37. The van der Waals surface area contributed by atoms with E-state index in [0.717, 1.165) is 0 Å². The fourth-order valence-electron chi connectivity index (χ4n) is 1.28. The highest BCUT2D eigenvalue weighted by Crippen LogP contribution is 2.60. The maximum absolute atomic E-state index is 6.12. The Balaban J connectivity index is 3.36. The molecule has 92 valence electrons. The van der Waals surface area contributed by atoms with Crippen molar-refractivity contribution in [2.45, 2.75) is 34.6 Å². The van der Waals surface area contributed by atoms with E-state index in [0.29, 0.717) is 0 Å². The fraction of sp³-hybridized carbons (Fsp3) is 1.00. The van der Waals surface area contributed by atoms with Gasteiger partial charge in [0.25, 0.3) is 0 Å². The molecule has 1 aliphatic rings. The van der Waals surface area contributed by atoms with Crippen molar-refractivity contribution in [3.63, 3.8) is 0 Å². The maximum Gasteiger partial charge on any atom is 0.236 e. The Kier molecular flexibility index (Phi) is 3.76. The van der Waals surface area contributed by atoms with Crippen LogP contribution in [0.25, 0.3) is 0 Å². The minimum Gasteiger partial charge on any atom is -0.131 e. The van der Waals surface area contributed by atoms with Gasteiger partial charge in [0.15, 0.2) is 0 Å². The van der Waals surface area contributed by atoms with E-state index in [2.05, 4.69) is 20.7 Å². The Morgan fingerprint density at radius 1 is 0.812 bits per heavy atom. The van der Waals surface area contributed by atoms with Gasteiger partial charge in [-0.3, -0.25) is 0 Å². The van der Waals surface area contributed by atoms with Gasteiger partial charge in [-0.1, -0.05) is 78.8 Å². The maximum atomic E-state index is 6.12. The lowest BCUT2D eigenvalue weighted by Crippen LogP contribution is -2.58. The van der Waals surface area contributed by atoms with Gasteiger partial charge in [-0.2, -0.15) is 0 Å². The summed E-state index contributed by atoms with van der Waals surface area (Å²) in [5.41, 5.74) is -2.06. The molecule has 0 atom stereocenters. The lowest BCUT2D eigenvalue weighted by atomic mass is 9.79. The molecule has 0 bridgehead atoms. The average Bonchev–Trinajstić information content (AvgIpc) is 2.48. The third kappa shape index (κ3) is 2.03. The molecule has 0 aromatic carbocycles. The van der Waals surface area contributed by atoms with Gasteiger partial charge in [-0.25, -0.2) is 0 Å². The Morgan fingerprint density at radius 3 is 1.44 bits per heavy atom. The molecule has 0 saturated heterocycles. The summed E-state index contributed by atoms with van der Waals surface area (Å²) in [4.78, 5) is 0. The highest BCUT2D eigenvalue weighted by atomic mass is 35.6. The van der Waals surface area contributed by atoms with Gasteiger partial charge in [0.1, 0.15) is 0 Å². The van der Waals surface area contributed by atoms with Crippen molar-refractivity contribution >= 4 is 58.0 Å². The molecule has 16 heavy (non-hydrogen) atoms. The molecule has 0 spiro atoms. The van der Waals surface area contributed by atoms with E-state index in [9.17, 15) is 0 Å². The molecular formula is C7H9Cl5N4. The number of rotatable bonds is 1. The lowest BCUT2D eigenvalue weighted by molar-refractivity contribution is 0.173. The largest absolute Gasteiger partial charge is 0.236 e. The van der Waals surface area contributed by atoms with E-state index in [1.54, 1.807) is 20.8 Å². The average molecular weight is 326 g/mol. The topological polar surface area (TPSA) is 49.4 Å². The van der Waals surface area contributed by atoms with Gasteiger partial charge in [0.2, 0.25) is 13.8 Å². The molecule has 0 amide bonds. The summed E-state index contributed by atoms with van der Waals surface area (Å²) in [5.74, 6) is 0. The first-order chi connectivity index (χ1) is 6.96. The van der Waals surface area contributed by atoms with Gasteiger partial charge >= 0.3 is 0 Å². The van der Waals surface area contributed by atoms with E-state index >= 15 is 0 Å². The number of alkyl halides is 5. The van der Waals surface area contributed by atoms with E-state index < -0.39 is 19.2 Å². The van der Waals surface area contributed by atoms with E-state index in [-0.39, 0.29) is 0 Å². The highest BCUT2D eigenvalue weighted by molar-refractivity contribution is 6.75. The molecule has 1 heterocycles. The summed E-state index contributed by atoms with van der Waals surface area (Å²) in [6, 6.07) is 0. The smallest absolute Gasteiger partial charge is 0.131 e. The van der Waals surface area contributed by atoms with Crippen LogP contribution in [0.4, 0.5) is 0 Å². The number of halogens is 5. The van der Waals surface area contributed by atoms with Gasteiger partial charge in [-0.05, 0) is 10.4 Å². The van der Waals surface area contributed by atoms with Crippen LogP contribution in [-0.4, -0.2) is 13.8 Å². The SMILES string of the molecule is CC(C)(C)C1(C(Cl)(Cl)C(Cl)(Cl)Cl)N=NN=N1. The van der Waals surface area contributed by atoms with Crippen molar-refractivity contribution in [2.75, 3.05) is 0 Å². The van der Waals surface area contributed by atoms with Crippen LogP contribution >= 0.6 is 58.0 Å². The first-order valence-corrected chi connectivity index (χ1v) is 6.13. The predicted octanol–water partition coefficient (Wildman–Crippen LogP) is 5.11. The normalized spacial score (nSPS) is 20.5. The summed E-state index contributed by atoms with van der Waals surface area (Å²) in [6.07, 6.45) is 0. The number of hydrogen-bond donors (Lipinski definition) is 0. The number of nitrogens with zero attached hydrogens (tertiary/aromatic N) is 4. The zero-order chi connectivity index (χ0) is 12.8. The van der Waals surface area contributed by atoms with Crippen molar-refractivity contribution in [3.05, 3.63) is 0 Å². The second kappa shape index (κ2) is 4.09. The van der Waals surface area contributed by atoms with Crippen molar-refractivity contribution in [1.29, 1.82) is 0 Å². The zero-order valence-corrected chi connectivity index (χ0v) is 12.5. The van der Waals surface area contributed by atoms with Crippen molar-refractivity contribution in [3.8, 4) is 0 Å². The Bertz CT molecular complexity index is 326. The predicted molar refractivity (Wildman–Crippen MR) is 66.6 cm³/mol. The molecule has 1 aliphatic heterocycles. The minimum atomic E-state index is -1.98. The molecule has 9 heteroatoms. The quantitative estimate of drug-likeness (QED) is 0.602. The molecule has 4 nitrogen and oxygen atoms in total. The monoisotopic (exact) mass is 324 g/mol. The first-order valence-electron chi connectivity index (χ1n) is 4.24. The summed E-state index contributed by atoms with van der Waals surface area (Å²) in [7, 11) is 0. The van der Waals surface area contributed by atoms with Crippen molar-refractivity contribution < 1.29 is 0 Å². The van der Waals surface area contributed by atoms with Crippen LogP contribution in [0.15, 0.2) is 20.7 Å². The molecule has 0 aromatic rings. The van der Waals surface area contributed by atoms with Gasteiger partial charge in [0.05, 0.1) is 0 Å². The Labute approximate surface area is 118 Å². The molecular weight excluding hydrogens is 317 g/mol. The second-order valence-corrected chi connectivity index (χ2v) is 7.98. The first kappa shape index (κ1) is 14.7. The van der Waals surface area contributed by atoms with Gasteiger partial charge < -0.3 is 0 Å². The zero-order valence-electron chi connectivity index (χ0n) is 8.68. The molecule has 0 fully saturated rings. The van der Waals surface area contributed by atoms with Crippen molar-refractivity contribution in [1.82, 2.24) is 0 Å². The molecule has 0 saturated carbocycles. The van der Waals surface area contributed by atoms with Crippen molar-refractivity contribution in [2.24, 2.45) is 26.1 Å². The summed E-state index contributed by atoms with van der Waals surface area (Å²) < 4.78 is -3.86. The van der Waals surface area contributed by atoms with Gasteiger partial charge in [0, 0.05) is 5.41 Å². The van der Waals surface area contributed by atoms with Crippen LogP contribution in [0.2, 0.25) is 0 Å². The van der Waals surface area contributed by atoms with Crippen LogP contribution in [0.1, 0.15) is 20.8 Å². The molecule has 0 N–H and O–H groups in total. The van der Waals surface area contributed by atoms with Gasteiger partial charge in [-0.15, -0.1) is 10.2 Å². The molecule has 1 rings (SSSR count). The van der Waals surface area contributed by atoms with E-state index in [1.165, 1.54) is 0 Å². The van der Waals surface area contributed by atoms with Crippen LogP contribution in [-0.2, 0) is 0 Å². The summed E-state index contributed by atoms with van der Waals surface area (Å²) >= 11 is 29.5. The van der Waals surface area contributed by atoms with Crippen LogP contribution < -0.4 is 0 Å². The van der Waals surface area contributed by atoms with Crippen LogP contribution in [0.3, 0.4) is 0 Å². The molecule has 0 radical (unpaired) electrons. The molecule has 0 aliphatic carbocycles. The highest BCUT2D eigenvalue weighted by Gasteiger charge is 2.68. The fourth-order valence-corrected chi connectivity index (χ4v) is 2.40. The Morgan fingerprint density at radius 2 is 1.19 bits per heavy atom. The van der Waals surface area contributed by atoms with E-state index in [4.69, 9.17) is 58.0 Å². The number of hydrogen-bond acceptors (Lipinski definition) is 4. The molecule has 0 aromatic heterocycles. The van der Waals surface area contributed by atoms with Crippen LogP contribution in [0, 0.1) is 5.41 Å². The standard InChI is InChI=1S/C7H9Cl5N4/c1-4(2,3)6(13-15-16-14-6)5(8,9)7(10,11)12/h1-3H3. The third-order valence-corrected chi connectivity index (χ3v) is 4.78. The third-order valence-electron chi connectivity index (χ3n) is 2.26. The summed E-state index contributed by atoms with van der Waals surface area (Å²) in [5, 5.41) is 14.5. The lowest BCUT2D eigenvalue weighted by Gasteiger charge is -2.44.